The van der Waals surface area contributed by atoms with Gasteiger partial charge >= 0.3 is 0 Å². The maximum Gasteiger partial charge on any atom is 0.233 e. The number of hydrogen-bond donors (Lipinski definition) is 0. The molecule has 3 heterocycles. The molecule has 0 radical (unpaired) electrons. The minimum absolute atomic E-state index is 0.0778. The van der Waals surface area contributed by atoms with E-state index in [0.717, 1.165) is 64.6 Å². The summed E-state index contributed by atoms with van der Waals surface area (Å²) in [5.41, 5.74) is 3.71. The van der Waals surface area contributed by atoms with Gasteiger partial charge in [-0.1, -0.05) is 30.0 Å². The molecule has 3 aromatic rings. The lowest BCUT2D eigenvalue weighted by molar-refractivity contribution is -0.129. The second kappa shape index (κ2) is 8.75. The van der Waals surface area contributed by atoms with E-state index in [-0.39, 0.29) is 11.9 Å². The molecule has 0 aliphatic carbocycles. The van der Waals surface area contributed by atoms with Gasteiger partial charge in [-0.15, -0.1) is 0 Å². The van der Waals surface area contributed by atoms with E-state index in [4.69, 9.17) is 14.5 Å². The molecule has 2 aromatic carbocycles. The summed E-state index contributed by atoms with van der Waals surface area (Å²) < 4.78 is 11.6. The molecule has 0 N–H and O–H groups in total. The summed E-state index contributed by atoms with van der Waals surface area (Å²) in [6.45, 7) is 4.06. The minimum Gasteiger partial charge on any atom is -0.490 e. The maximum absolute atomic E-state index is 13.1. The van der Waals surface area contributed by atoms with E-state index in [1.165, 1.54) is 11.8 Å². The van der Waals surface area contributed by atoms with E-state index < -0.39 is 0 Å². The molecule has 1 fully saturated rings. The average Bonchev–Trinajstić information content (AvgIpc) is 3.16. The number of hydrogen-bond acceptors (Lipinski definition) is 6. The van der Waals surface area contributed by atoms with Crippen molar-refractivity contribution in [1.82, 2.24) is 14.9 Å². The van der Waals surface area contributed by atoms with Crippen molar-refractivity contribution in [3.05, 3.63) is 53.7 Å². The zero-order valence-electron chi connectivity index (χ0n) is 17.5. The number of nitrogens with zero attached hydrogens (tertiary/aromatic N) is 3. The van der Waals surface area contributed by atoms with Crippen LogP contribution in [0.5, 0.6) is 11.5 Å². The summed E-state index contributed by atoms with van der Waals surface area (Å²) in [5.74, 6) is 2.06. The van der Waals surface area contributed by atoms with Gasteiger partial charge in [-0.2, -0.15) is 0 Å². The molecule has 1 amide bonds. The average molecular weight is 436 g/mol. The Hall–Kier alpha value is -2.80. The molecule has 0 unspecified atom stereocenters. The second-order valence-electron chi connectivity index (χ2n) is 7.89. The number of rotatable bonds is 4. The molecule has 6 nitrogen and oxygen atoms in total. The highest BCUT2D eigenvalue weighted by molar-refractivity contribution is 7.99. The number of amides is 1. The second-order valence-corrected chi connectivity index (χ2v) is 8.86. The van der Waals surface area contributed by atoms with Crippen LogP contribution in [0.4, 0.5) is 0 Å². The molecule has 0 bridgehead atoms. The lowest BCUT2D eigenvalue weighted by atomic mass is 10.0. The minimum atomic E-state index is 0.0778. The van der Waals surface area contributed by atoms with E-state index in [2.05, 4.69) is 11.1 Å². The number of thioether (sulfide) groups is 1. The Kier molecular flexibility index (Phi) is 5.68. The summed E-state index contributed by atoms with van der Waals surface area (Å²) in [5, 5.41) is 0.818. The van der Waals surface area contributed by atoms with Crippen molar-refractivity contribution in [2.75, 3.05) is 25.5 Å². The van der Waals surface area contributed by atoms with Gasteiger partial charge in [0.2, 0.25) is 5.91 Å². The van der Waals surface area contributed by atoms with Crippen molar-refractivity contribution in [2.45, 2.75) is 37.3 Å². The van der Waals surface area contributed by atoms with Gasteiger partial charge in [0.05, 0.1) is 41.7 Å². The number of benzene rings is 2. The van der Waals surface area contributed by atoms with E-state index in [1.807, 2.05) is 48.2 Å². The SMILES string of the molecule is Cc1nc2ccccc2nc1SCC(=O)N1CCC[C@@H]1c1ccc2c(c1)OCCCO2. The third-order valence-corrected chi connectivity index (χ3v) is 6.81. The summed E-state index contributed by atoms with van der Waals surface area (Å²) in [6, 6.07) is 14.0. The van der Waals surface area contributed by atoms with Crippen LogP contribution in [-0.4, -0.2) is 46.3 Å². The highest BCUT2D eigenvalue weighted by Crippen LogP contribution is 2.38. The van der Waals surface area contributed by atoms with Gasteiger partial charge in [-0.25, -0.2) is 9.97 Å². The maximum atomic E-state index is 13.1. The van der Waals surface area contributed by atoms with Gasteiger partial charge in [-0.3, -0.25) is 4.79 Å². The molecule has 1 saturated heterocycles. The van der Waals surface area contributed by atoms with Crippen LogP contribution in [0.1, 0.15) is 36.6 Å². The number of carbonyl (C=O) groups excluding carboxylic acids is 1. The molecule has 2 aliphatic rings. The number of aryl methyl sites for hydroxylation is 1. The first-order valence-electron chi connectivity index (χ1n) is 10.7. The molecule has 160 valence electrons. The fourth-order valence-corrected chi connectivity index (χ4v) is 5.06. The smallest absolute Gasteiger partial charge is 0.233 e. The summed E-state index contributed by atoms with van der Waals surface area (Å²) in [4.78, 5) is 24.5. The van der Waals surface area contributed by atoms with E-state index >= 15 is 0 Å². The van der Waals surface area contributed by atoms with Crippen molar-refractivity contribution in [3.8, 4) is 11.5 Å². The van der Waals surface area contributed by atoms with Crippen LogP contribution in [0.2, 0.25) is 0 Å². The van der Waals surface area contributed by atoms with Crippen molar-refractivity contribution in [3.63, 3.8) is 0 Å². The fraction of sp³-hybridized carbons (Fsp3) is 0.375. The van der Waals surface area contributed by atoms with Crippen LogP contribution in [0.15, 0.2) is 47.5 Å². The van der Waals surface area contributed by atoms with Crippen molar-refractivity contribution < 1.29 is 14.3 Å². The quantitative estimate of drug-likeness (QED) is 0.560. The summed E-state index contributed by atoms with van der Waals surface area (Å²) >= 11 is 1.47. The first-order valence-corrected chi connectivity index (χ1v) is 11.7. The molecule has 0 saturated carbocycles. The lowest BCUT2D eigenvalue weighted by Gasteiger charge is -2.25. The number of aromatic nitrogens is 2. The Bertz CT molecular complexity index is 1120. The third kappa shape index (κ3) is 4.19. The predicted molar refractivity (Wildman–Crippen MR) is 121 cm³/mol. The van der Waals surface area contributed by atoms with E-state index in [9.17, 15) is 4.79 Å². The molecule has 1 aromatic heterocycles. The lowest BCUT2D eigenvalue weighted by Crippen LogP contribution is -2.32. The highest BCUT2D eigenvalue weighted by atomic mass is 32.2. The topological polar surface area (TPSA) is 64.6 Å². The van der Waals surface area contributed by atoms with Crippen LogP contribution in [-0.2, 0) is 4.79 Å². The van der Waals surface area contributed by atoms with E-state index in [1.54, 1.807) is 0 Å². The molecule has 7 heteroatoms. The van der Waals surface area contributed by atoms with Crippen molar-refractivity contribution in [1.29, 1.82) is 0 Å². The predicted octanol–water partition coefficient (Wildman–Crippen LogP) is 4.56. The van der Waals surface area contributed by atoms with Gasteiger partial charge < -0.3 is 14.4 Å². The van der Waals surface area contributed by atoms with Gasteiger partial charge in [0.15, 0.2) is 11.5 Å². The number of ether oxygens (including phenoxy) is 2. The Morgan fingerprint density at radius 3 is 2.68 bits per heavy atom. The first kappa shape index (κ1) is 20.1. The van der Waals surface area contributed by atoms with Crippen LogP contribution < -0.4 is 9.47 Å². The van der Waals surface area contributed by atoms with Gasteiger partial charge in [0, 0.05) is 13.0 Å². The van der Waals surface area contributed by atoms with Gasteiger partial charge in [0.1, 0.15) is 5.03 Å². The Morgan fingerprint density at radius 2 is 1.84 bits per heavy atom. The number of fused-ring (bicyclic) bond motifs is 2. The standard InChI is InChI=1S/C24H25N3O3S/c1-16-24(26-19-7-3-2-6-18(19)25-16)31-15-23(28)27-11-4-8-20(27)17-9-10-21-22(14-17)30-13-5-12-29-21/h2-3,6-7,9-10,14,20H,4-5,8,11-13,15H2,1H3/t20-/m1/s1. The molecule has 5 rings (SSSR count). The zero-order valence-corrected chi connectivity index (χ0v) is 18.4. The Balaban J connectivity index is 1.30. The fourth-order valence-electron chi connectivity index (χ4n) is 4.22. The van der Waals surface area contributed by atoms with Crippen LogP contribution in [0, 0.1) is 6.92 Å². The molecule has 2 aliphatic heterocycles. The largest absolute Gasteiger partial charge is 0.490 e. The number of likely N-dealkylation sites (tertiary alicyclic amines) is 1. The molecule has 0 spiro atoms. The summed E-state index contributed by atoms with van der Waals surface area (Å²) in [7, 11) is 0. The summed E-state index contributed by atoms with van der Waals surface area (Å²) in [6.07, 6.45) is 2.85. The zero-order chi connectivity index (χ0) is 21.2. The Morgan fingerprint density at radius 1 is 1.06 bits per heavy atom. The molecular weight excluding hydrogens is 410 g/mol. The number of para-hydroxylation sites is 2. The van der Waals surface area contributed by atoms with E-state index in [0.29, 0.717) is 19.0 Å². The van der Waals surface area contributed by atoms with Crippen LogP contribution >= 0.6 is 11.8 Å². The molecule has 31 heavy (non-hydrogen) atoms. The van der Waals surface area contributed by atoms with Crippen LogP contribution in [0.3, 0.4) is 0 Å². The van der Waals surface area contributed by atoms with Gasteiger partial charge in [-0.05, 0) is 49.6 Å². The molecule has 1 atom stereocenters. The van der Waals surface area contributed by atoms with Gasteiger partial charge in [0.25, 0.3) is 0 Å². The first-order chi connectivity index (χ1) is 15.2. The van der Waals surface area contributed by atoms with Crippen molar-refractivity contribution in [2.24, 2.45) is 0 Å². The number of carbonyl (C=O) groups is 1. The Labute approximate surface area is 186 Å². The molecular formula is C24H25N3O3S. The van der Waals surface area contributed by atoms with Crippen molar-refractivity contribution >= 4 is 28.7 Å². The normalized spacial score (nSPS) is 18.2. The monoisotopic (exact) mass is 435 g/mol. The van der Waals surface area contributed by atoms with Crippen LogP contribution in [0.25, 0.3) is 11.0 Å². The third-order valence-electron chi connectivity index (χ3n) is 5.76. The highest BCUT2D eigenvalue weighted by Gasteiger charge is 2.31.